The highest BCUT2D eigenvalue weighted by Gasteiger charge is 2.03. The average molecular weight is 228 g/mol. The van der Waals surface area contributed by atoms with Gasteiger partial charge in [-0.2, -0.15) is 5.26 Å². The van der Waals surface area contributed by atoms with Crippen molar-refractivity contribution in [3.8, 4) is 17.6 Å². The van der Waals surface area contributed by atoms with Crippen LogP contribution in [0.5, 0.6) is 11.5 Å². The van der Waals surface area contributed by atoms with Crippen molar-refractivity contribution in [1.82, 2.24) is 4.98 Å². The van der Waals surface area contributed by atoms with E-state index in [0.29, 0.717) is 21.8 Å². The molecule has 0 saturated heterocycles. The van der Waals surface area contributed by atoms with Gasteiger partial charge in [-0.1, -0.05) is 30.4 Å². The van der Waals surface area contributed by atoms with E-state index in [1.165, 1.54) is 0 Å². The van der Waals surface area contributed by atoms with Gasteiger partial charge in [0.2, 0.25) is 0 Å². The number of aromatic nitrogens is 1. The van der Waals surface area contributed by atoms with Gasteiger partial charge in [-0.25, -0.2) is 0 Å². The lowest BCUT2D eigenvalue weighted by Crippen LogP contribution is -1.91. The smallest absolute Gasteiger partial charge is 0.161 e. The number of pyridine rings is 1. The molecule has 0 spiro atoms. The van der Waals surface area contributed by atoms with Crippen molar-refractivity contribution >= 4 is 12.2 Å². The maximum atomic E-state index is 8.91. The van der Waals surface area contributed by atoms with Gasteiger partial charge in [0, 0.05) is 0 Å². The number of nitrogens with zero attached hydrogens (tertiary/aromatic N) is 1. The van der Waals surface area contributed by atoms with Crippen molar-refractivity contribution < 1.29 is 4.74 Å². The van der Waals surface area contributed by atoms with E-state index in [9.17, 15) is 0 Å². The lowest BCUT2D eigenvalue weighted by atomic mass is 10.3. The Balaban J connectivity index is 2.36. The van der Waals surface area contributed by atoms with Gasteiger partial charge in [0.1, 0.15) is 16.5 Å². The molecule has 2 aromatic rings. The van der Waals surface area contributed by atoms with Crippen LogP contribution in [0, 0.1) is 16.0 Å². The zero-order valence-corrected chi connectivity index (χ0v) is 9.12. The molecule has 0 bridgehead atoms. The van der Waals surface area contributed by atoms with Crippen molar-refractivity contribution in [3.63, 3.8) is 0 Å². The fourth-order valence-corrected chi connectivity index (χ4v) is 1.41. The Morgan fingerprint density at radius 1 is 1.12 bits per heavy atom. The summed E-state index contributed by atoms with van der Waals surface area (Å²) in [5.41, 5.74) is 0.330. The number of nitriles is 1. The first kappa shape index (κ1) is 10.4. The molecule has 0 radical (unpaired) electrons. The molecule has 4 heteroatoms. The molecule has 0 saturated carbocycles. The summed E-state index contributed by atoms with van der Waals surface area (Å²) in [7, 11) is 0. The van der Waals surface area contributed by atoms with Gasteiger partial charge in [0.15, 0.2) is 11.4 Å². The van der Waals surface area contributed by atoms with Crippen LogP contribution in [0.1, 0.15) is 5.69 Å². The van der Waals surface area contributed by atoms with Crippen LogP contribution in [0.15, 0.2) is 42.5 Å². The lowest BCUT2D eigenvalue weighted by Gasteiger charge is -2.06. The molecule has 1 aromatic heterocycles. The molecule has 0 aliphatic carbocycles. The third-order valence-corrected chi connectivity index (χ3v) is 2.20. The monoisotopic (exact) mass is 228 g/mol. The van der Waals surface area contributed by atoms with Crippen LogP contribution in [0.2, 0.25) is 0 Å². The quantitative estimate of drug-likeness (QED) is 0.801. The molecular formula is C12H8N2OS. The summed E-state index contributed by atoms with van der Waals surface area (Å²) >= 11 is 4.93. The van der Waals surface area contributed by atoms with E-state index in [0.717, 1.165) is 0 Å². The van der Waals surface area contributed by atoms with Gasteiger partial charge in [0.05, 0.1) is 0 Å². The summed E-state index contributed by atoms with van der Waals surface area (Å²) in [6, 6.07) is 14.7. The molecule has 0 amide bonds. The van der Waals surface area contributed by atoms with Crippen LogP contribution in [0.4, 0.5) is 0 Å². The highest BCUT2D eigenvalue weighted by Crippen LogP contribution is 2.22. The summed E-state index contributed by atoms with van der Waals surface area (Å²) in [5.74, 6) is 1.16. The van der Waals surface area contributed by atoms with E-state index in [1.807, 2.05) is 36.4 Å². The Bertz CT molecular complexity index is 584. The van der Waals surface area contributed by atoms with Crippen molar-refractivity contribution in [3.05, 3.63) is 52.8 Å². The van der Waals surface area contributed by atoms with Crippen molar-refractivity contribution in [1.29, 1.82) is 5.26 Å². The fourth-order valence-electron chi connectivity index (χ4n) is 1.24. The predicted molar refractivity (Wildman–Crippen MR) is 62.9 cm³/mol. The molecule has 1 aromatic carbocycles. The highest BCUT2D eigenvalue weighted by molar-refractivity contribution is 7.71. The van der Waals surface area contributed by atoms with E-state index >= 15 is 0 Å². The van der Waals surface area contributed by atoms with E-state index < -0.39 is 0 Å². The first-order chi connectivity index (χ1) is 7.79. The number of hydrogen-bond donors (Lipinski definition) is 1. The molecule has 0 aliphatic heterocycles. The number of benzene rings is 1. The first-order valence-electron chi connectivity index (χ1n) is 4.66. The van der Waals surface area contributed by atoms with Crippen LogP contribution < -0.4 is 4.74 Å². The minimum absolute atomic E-state index is 0.330. The molecule has 1 N–H and O–H groups in total. The second kappa shape index (κ2) is 4.60. The van der Waals surface area contributed by atoms with Crippen molar-refractivity contribution in [2.24, 2.45) is 0 Å². The van der Waals surface area contributed by atoms with Gasteiger partial charge < -0.3 is 9.72 Å². The minimum Gasteiger partial charge on any atom is -0.454 e. The largest absolute Gasteiger partial charge is 0.454 e. The Kier molecular flexibility index (Phi) is 2.99. The van der Waals surface area contributed by atoms with E-state index in [1.54, 1.807) is 12.1 Å². The summed E-state index contributed by atoms with van der Waals surface area (Å²) in [6.07, 6.45) is 0. The van der Waals surface area contributed by atoms with Crippen molar-refractivity contribution in [2.45, 2.75) is 0 Å². The van der Waals surface area contributed by atoms with Crippen molar-refractivity contribution in [2.75, 3.05) is 0 Å². The predicted octanol–water partition coefficient (Wildman–Crippen LogP) is 3.41. The number of ether oxygens (including phenoxy) is 1. The van der Waals surface area contributed by atoms with Gasteiger partial charge in [0.25, 0.3) is 0 Å². The summed E-state index contributed by atoms with van der Waals surface area (Å²) in [5, 5.41) is 8.91. The minimum atomic E-state index is 0.330. The maximum Gasteiger partial charge on any atom is 0.161 e. The molecule has 16 heavy (non-hydrogen) atoms. The molecule has 78 valence electrons. The fraction of sp³-hybridized carbons (Fsp3) is 0. The lowest BCUT2D eigenvalue weighted by molar-refractivity contribution is 0.478. The van der Waals surface area contributed by atoms with Gasteiger partial charge in [-0.3, -0.25) is 0 Å². The molecular weight excluding hydrogens is 220 g/mol. The highest BCUT2D eigenvalue weighted by atomic mass is 32.1. The zero-order chi connectivity index (χ0) is 11.4. The molecule has 0 atom stereocenters. The third kappa shape index (κ3) is 2.27. The average Bonchev–Trinajstić information content (AvgIpc) is 2.33. The Hall–Kier alpha value is -2.12. The standard InChI is InChI=1S/C12H8N2OS/c13-8-10-11(6-7-12(16)14-10)15-9-4-2-1-3-5-9/h1-7H,(H,14,16). The van der Waals surface area contributed by atoms with Crippen LogP contribution in [-0.4, -0.2) is 4.98 Å². The summed E-state index contributed by atoms with van der Waals surface area (Å²) in [4.78, 5) is 2.77. The summed E-state index contributed by atoms with van der Waals surface area (Å²) < 4.78 is 6.07. The number of H-pyrrole nitrogens is 1. The van der Waals surface area contributed by atoms with E-state index in [-0.39, 0.29) is 0 Å². The Labute approximate surface area is 97.9 Å². The van der Waals surface area contributed by atoms with Gasteiger partial charge in [-0.15, -0.1) is 0 Å². The normalized spacial score (nSPS) is 9.44. The van der Waals surface area contributed by atoms with Crippen LogP contribution >= 0.6 is 12.2 Å². The molecule has 0 fully saturated rings. The molecule has 1 heterocycles. The van der Waals surface area contributed by atoms with Gasteiger partial charge >= 0.3 is 0 Å². The maximum absolute atomic E-state index is 8.91. The molecule has 0 unspecified atom stereocenters. The second-order valence-corrected chi connectivity index (χ2v) is 3.53. The van der Waals surface area contributed by atoms with Gasteiger partial charge in [-0.05, 0) is 24.3 Å². The zero-order valence-electron chi connectivity index (χ0n) is 8.31. The van der Waals surface area contributed by atoms with Crippen LogP contribution in [0.3, 0.4) is 0 Å². The Morgan fingerprint density at radius 3 is 2.56 bits per heavy atom. The second-order valence-electron chi connectivity index (χ2n) is 3.09. The van der Waals surface area contributed by atoms with E-state index in [4.69, 9.17) is 22.2 Å². The number of aromatic amines is 1. The number of nitrogens with one attached hydrogen (secondary N) is 1. The Morgan fingerprint density at radius 2 is 1.88 bits per heavy atom. The first-order valence-corrected chi connectivity index (χ1v) is 5.07. The molecule has 3 nitrogen and oxygen atoms in total. The number of hydrogen-bond acceptors (Lipinski definition) is 3. The third-order valence-electron chi connectivity index (χ3n) is 1.96. The number of para-hydroxylation sites is 1. The topological polar surface area (TPSA) is 48.8 Å². The number of rotatable bonds is 2. The summed E-state index contributed by atoms with van der Waals surface area (Å²) in [6.45, 7) is 0. The molecule has 2 rings (SSSR count). The van der Waals surface area contributed by atoms with E-state index in [2.05, 4.69) is 4.98 Å². The SMILES string of the molecule is N#Cc1[nH]c(=S)ccc1Oc1ccccc1. The van der Waals surface area contributed by atoms with Crippen LogP contribution in [-0.2, 0) is 0 Å². The van der Waals surface area contributed by atoms with Crippen LogP contribution in [0.25, 0.3) is 0 Å². The molecule has 0 aliphatic rings.